The predicted octanol–water partition coefficient (Wildman–Crippen LogP) is 3.32. The molecule has 2 atom stereocenters. The second-order valence-electron chi connectivity index (χ2n) is 6.89. The summed E-state index contributed by atoms with van der Waals surface area (Å²) in [6.07, 6.45) is 1.33. The van der Waals surface area contributed by atoms with Crippen LogP contribution in [0.4, 0.5) is 0 Å². The summed E-state index contributed by atoms with van der Waals surface area (Å²) < 4.78 is 5.74. The van der Waals surface area contributed by atoms with E-state index in [1.165, 1.54) is 9.75 Å². The lowest BCUT2D eigenvalue weighted by molar-refractivity contribution is -0.0334. The second-order valence-corrected chi connectivity index (χ2v) is 8.90. The van der Waals surface area contributed by atoms with E-state index in [-0.39, 0.29) is 6.10 Å². The lowest BCUT2D eigenvalue weighted by atomic mass is 10.1. The summed E-state index contributed by atoms with van der Waals surface area (Å²) in [6.45, 7) is 6.71. The first-order valence-corrected chi connectivity index (χ1v) is 11.3. The smallest absolute Gasteiger partial charge is 0.193 e. The van der Waals surface area contributed by atoms with Crippen molar-refractivity contribution < 1.29 is 4.74 Å². The van der Waals surface area contributed by atoms with Gasteiger partial charge in [-0.25, -0.2) is 0 Å². The quantitative estimate of drug-likeness (QED) is 0.566. The highest BCUT2D eigenvalue weighted by molar-refractivity contribution is 7.10. The Kier molecular flexibility index (Phi) is 7.70. The summed E-state index contributed by atoms with van der Waals surface area (Å²) in [5, 5.41) is 7.90. The van der Waals surface area contributed by atoms with Gasteiger partial charge in [-0.05, 0) is 36.2 Å². The summed E-state index contributed by atoms with van der Waals surface area (Å²) in [7, 11) is 3.97. The number of guanidine groups is 1. The number of rotatable bonds is 7. The summed E-state index contributed by atoms with van der Waals surface area (Å²) in [4.78, 5) is 12.1. The van der Waals surface area contributed by atoms with Crippen LogP contribution in [0.25, 0.3) is 0 Å². The minimum atomic E-state index is 0.286. The third kappa shape index (κ3) is 5.78. The van der Waals surface area contributed by atoms with Crippen LogP contribution in [0.3, 0.4) is 0 Å². The van der Waals surface area contributed by atoms with Gasteiger partial charge in [-0.2, -0.15) is 0 Å². The van der Waals surface area contributed by atoms with E-state index in [0.717, 1.165) is 45.2 Å². The first kappa shape index (κ1) is 20.3. The summed E-state index contributed by atoms with van der Waals surface area (Å²) in [5.41, 5.74) is 0. The molecular formula is C20H30N4OS2. The molecule has 3 rings (SSSR count). The lowest BCUT2D eigenvalue weighted by Gasteiger charge is -2.37. The summed E-state index contributed by atoms with van der Waals surface area (Å²) in [5.74, 6) is 0.953. The van der Waals surface area contributed by atoms with Gasteiger partial charge in [0, 0.05) is 50.0 Å². The van der Waals surface area contributed by atoms with Gasteiger partial charge < -0.3 is 15.0 Å². The summed E-state index contributed by atoms with van der Waals surface area (Å²) in [6, 6.07) is 9.03. The Balaban J connectivity index is 1.59. The van der Waals surface area contributed by atoms with Gasteiger partial charge in [-0.15, -0.1) is 22.7 Å². The number of thiophene rings is 2. The molecule has 1 fully saturated rings. The van der Waals surface area contributed by atoms with Crippen molar-refractivity contribution in [3.8, 4) is 0 Å². The average Bonchev–Trinajstić information content (AvgIpc) is 3.37. The van der Waals surface area contributed by atoms with Crippen LogP contribution < -0.4 is 5.32 Å². The standard InChI is InChI=1S/C20H30N4OS2/c1-16-15-24(10-11-25-16)18(19-7-5-13-27-19)14-22-20(21-2)23(3)9-8-17-6-4-12-26-17/h4-7,12-13,16,18H,8-11,14-15H2,1-3H3,(H,21,22). The zero-order valence-electron chi connectivity index (χ0n) is 16.4. The molecule has 1 N–H and O–H groups in total. The van der Waals surface area contributed by atoms with Crippen LogP contribution in [0.15, 0.2) is 40.0 Å². The molecule has 0 aromatic carbocycles. The van der Waals surface area contributed by atoms with Crippen molar-refractivity contribution in [1.29, 1.82) is 0 Å². The molecule has 7 heteroatoms. The minimum absolute atomic E-state index is 0.286. The summed E-state index contributed by atoms with van der Waals surface area (Å²) >= 11 is 3.64. The maximum atomic E-state index is 5.74. The fourth-order valence-electron chi connectivity index (χ4n) is 3.43. The average molecular weight is 407 g/mol. The molecule has 2 unspecified atom stereocenters. The molecule has 0 saturated carbocycles. The van der Waals surface area contributed by atoms with Gasteiger partial charge in [0.25, 0.3) is 0 Å². The maximum absolute atomic E-state index is 5.74. The molecule has 1 aliphatic heterocycles. The maximum Gasteiger partial charge on any atom is 0.193 e. The van der Waals surface area contributed by atoms with Crippen molar-refractivity contribution in [2.24, 2.45) is 4.99 Å². The van der Waals surface area contributed by atoms with Gasteiger partial charge in [0.2, 0.25) is 0 Å². The van der Waals surface area contributed by atoms with Gasteiger partial charge in [0.15, 0.2) is 5.96 Å². The van der Waals surface area contributed by atoms with Crippen LogP contribution in [-0.4, -0.2) is 68.7 Å². The van der Waals surface area contributed by atoms with Crippen LogP contribution in [0.1, 0.15) is 22.7 Å². The van der Waals surface area contributed by atoms with Crippen molar-refractivity contribution in [2.75, 3.05) is 46.9 Å². The Morgan fingerprint density at radius 1 is 1.37 bits per heavy atom. The normalized spacial score (nSPS) is 19.8. The Morgan fingerprint density at radius 2 is 2.19 bits per heavy atom. The number of nitrogens with zero attached hydrogens (tertiary/aromatic N) is 3. The number of hydrogen-bond donors (Lipinski definition) is 1. The Labute approximate surface area is 170 Å². The van der Waals surface area contributed by atoms with E-state index in [1.807, 2.05) is 29.7 Å². The van der Waals surface area contributed by atoms with Crippen molar-refractivity contribution in [2.45, 2.75) is 25.5 Å². The fourth-order valence-corrected chi connectivity index (χ4v) is 4.99. The van der Waals surface area contributed by atoms with E-state index >= 15 is 0 Å². The molecule has 1 saturated heterocycles. The first-order chi connectivity index (χ1) is 13.2. The molecule has 2 aromatic rings. The molecule has 148 valence electrons. The molecule has 27 heavy (non-hydrogen) atoms. The monoisotopic (exact) mass is 406 g/mol. The highest BCUT2D eigenvalue weighted by Gasteiger charge is 2.26. The van der Waals surface area contributed by atoms with Crippen LogP contribution in [0.5, 0.6) is 0 Å². The van der Waals surface area contributed by atoms with Crippen LogP contribution in [0.2, 0.25) is 0 Å². The Morgan fingerprint density at radius 3 is 2.85 bits per heavy atom. The van der Waals surface area contributed by atoms with E-state index in [4.69, 9.17) is 4.74 Å². The largest absolute Gasteiger partial charge is 0.376 e. The Hall–Kier alpha value is -1.41. The van der Waals surface area contributed by atoms with Crippen LogP contribution in [0, 0.1) is 0 Å². The third-order valence-electron chi connectivity index (χ3n) is 4.89. The molecule has 0 spiro atoms. The molecule has 2 aromatic heterocycles. The number of likely N-dealkylation sites (N-methyl/N-ethyl adjacent to an activating group) is 1. The van der Waals surface area contributed by atoms with Gasteiger partial charge in [-0.1, -0.05) is 12.1 Å². The first-order valence-electron chi connectivity index (χ1n) is 9.50. The van der Waals surface area contributed by atoms with Gasteiger partial charge in [0.1, 0.15) is 0 Å². The number of morpholine rings is 1. The molecular weight excluding hydrogens is 376 g/mol. The van der Waals surface area contributed by atoms with E-state index in [0.29, 0.717) is 6.04 Å². The predicted molar refractivity (Wildman–Crippen MR) is 116 cm³/mol. The molecule has 0 aliphatic carbocycles. The number of aliphatic imine (C=N–C) groups is 1. The van der Waals surface area contributed by atoms with Crippen LogP contribution >= 0.6 is 22.7 Å². The van der Waals surface area contributed by atoms with E-state index in [2.05, 4.69) is 69.1 Å². The molecule has 0 bridgehead atoms. The van der Waals surface area contributed by atoms with Gasteiger partial charge >= 0.3 is 0 Å². The SMILES string of the molecule is CN=C(NCC(c1cccs1)N1CCOC(C)C1)N(C)CCc1cccs1. The number of hydrogen-bond acceptors (Lipinski definition) is 5. The molecule has 5 nitrogen and oxygen atoms in total. The second kappa shape index (κ2) is 10.2. The van der Waals surface area contributed by atoms with E-state index < -0.39 is 0 Å². The third-order valence-corrected chi connectivity index (χ3v) is 6.80. The van der Waals surface area contributed by atoms with Gasteiger partial charge in [0.05, 0.1) is 18.8 Å². The van der Waals surface area contributed by atoms with Crippen molar-refractivity contribution >= 4 is 28.6 Å². The van der Waals surface area contributed by atoms with E-state index in [9.17, 15) is 0 Å². The van der Waals surface area contributed by atoms with Crippen molar-refractivity contribution in [1.82, 2.24) is 15.1 Å². The topological polar surface area (TPSA) is 40.1 Å². The van der Waals surface area contributed by atoms with Crippen molar-refractivity contribution in [3.05, 3.63) is 44.8 Å². The lowest BCUT2D eigenvalue weighted by Crippen LogP contribution is -2.48. The molecule has 0 amide bonds. The van der Waals surface area contributed by atoms with Crippen molar-refractivity contribution in [3.63, 3.8) is 0 Å². The minimum Gasteiger partial charge on any atom is -0.376 e. The Bertz CT molecular complexity index is 687. The fraction of sp³-hybridized carbons (Fsp3) is 0.550. The molecule has 3 heterocycles. The number of ether oxygens (including phenoxy) is 1. The van der Waals surface area contributed by atoms with E-state index in [1.54, 1.807) is 0 Å². The zero-order chi connectivity index (χ0) is 19.1. The van der Waals surface area contributed by atoms with Gasteiger partial charge in [-0.3, -0.25) is 9.89 Å². The highest BCUT2D eigenvalue weighted by atomic mass is 32.1. The highest BCUT2D eigenvalue weighted by Crippen LogP contribution is 2.26. The van der Waals surface area contributed by atoms with Crippen LogP contribution in [-0.2, 0) is 11.2 Å². The number of nitrogens with one attached hydrogen (secondary N) is 1. The molecule has 0 radical (unpaired) electrons. The molecule has 1 aliphatic rings. The zero-order valence-corrected chi connectivity index (χ0v) is 18.1.